The van der Waals surface area contributed by atoms with E-state index in [1.165, 1.54) is 11.3 Å². The van der Waals surface area contributed by atoms with Crippen LogP contribution in [-0.2, 0) is 4.79 Å². The molecule has 0 atom stereocenters. The van der Waals surface area contributed by atoms with Gasteiger partial charge in [-0.1, -0.05) is 41.9 Å². The van der Waals surface area contributed by atoms with Crippen molar-refractivity contribution in [3.63, 3.8) is 0 Å². The number of hydrogen-bond donors (Lipinski definition) is 1. The number of hydrogen-bond acceptors (Lipinski definition) is 4. The van der Waals surface area contributed by atoms with Gasteiger partial charge in [-0.25, -0.2) is 0 Å². The molecule has 0 saturated carbocycles. The van der Waals surface area contributed by atoms with E-state index in [1.54, 1.807) is 24.3 Å². The first kappa shape index (κ1) is 20.4. The van der Waals surface area contributed by atoms with Crippen LogP contribution in [0.2, 0.25) is 5.02 Å². The molecule has 0 aliphatic carbocycles. The molecule has 30 heavy (non-hydrogen) atoms. The van der Waals surface area contributed by atoms with Gasteiger partial charge in [-0.05, 0) is 48.6 Å². The molecule has 1 N–H and O–H groups in total. The third-order valence-electron chi connectivity index (χ3n) is 5.09. The number of anilines is 1. The Hall–Kier alpha value is -2.83. The normalized spacial score (nSPS) is 14.4. The summed E-state index contributed by atoms with van der Waals surface area (Å²) in [5.74, 6) is 0.895. The summed E-state index contributed by atoms with van der Waals surface area (Å²) in [6.07, 6.45) is 1.27. The fourth-order valence-electron chi connectivity index (χ4n) is 3.44. The molecule has 1 aromatic heterocycles. The van der Waals surface area contributed by atoms with Gasteiger partial charge in [-0.15, -0.1) is 11.3 Å². The van der Waals surface area contributed by atoms with Crippen LogP contribution in [0.4, 0.5) is 5.69 Å². The van der Waals surface area contributed by atoms with Crippen LogP contribution in [0, 0.1) is 5.92 Å². The second-order valence-corrected chi connectivity index (χ2v) is 8.42. The molecule has 7 heteroatoms. The molecule has 5 nitrogen and oxygen atoms in total. The minimum Gasteiger partial charge on any atom is -0.454 e. The summed E-state index contributed by atoms with van der Waals surface area (Å²) in [6.45, 7) is 1.15. The van der Waals surface area contributed by atoms with E-state index in [2.05, 4.69) is 5.32 Å². The summed E-state index contributed by atoms with van der Waals surface area (Å²) in [6, 6.07) is 18.2. The third kappa shape index (κ3) is 4.66. The fourth-order valence-corrected chi connectivity index (χ4v) is 4.31. The molecule has 2 aromatic carbocycles. The third-order valence-corrected chi connectivity index (χ3v) is 6.26. The number of amides is 2. The highest BCUT2D eigenvalue weighted by Crippen LogP contribution is 2.34. The van der Waals surface area contributed by atoms with Crippen LogP contribution < -0.4 is 10.1 Å². The second kappa shape index (κ2) is 9.32. The molecule has 1 fully saturated rings. The highest BCUT2D eigenvalue weighted by atomic mass is 35.5. The van der Waals surface area contributed by atoms with E-state index in [1.807, 2.05) is 46.7 Å². The molecule has 3 aromatic rings. The number of carbonyl (C=O) groups is 2. The van der Waals surface area contributed by atoms with E-state index in [9.17, 15) is 9.59 Å². The van der Waals surface area contributed by atoms with Crippen molar-refractivity contribution in [1.29, 1.82) is 0 Å². The van der Waals surface area contributed by atoms with Gasteiger partial charge in [-0.2, -0.15) is 0 Å². The predicted octanol–water partition coefficient (Wildman–Crippen LogP) is 5.68. The largest absolute Gasteiger partial charge is 0.454 e. The summed E-state index contributed by atoms with van der Waals surface area (Å²) in [5, 5.41) is 5.38. The summed E-state index contributed by atoms with van der Waals surface area (Å²) in [4.78, 5) is 27.9. The van der Waals surface area contributed by atoms with Gasteiger partial charge in [0.15, 0.2) is 5.75 Å². The fraction of sp³-hybridized carbons (Fsp3) is 0.217. The summed E-state index contributed by atoms with van der Waals surface area (Å²) >= 11 is 7.63. The Morgan fingerprint density at radius 1 is 0.967 bits per heavy atom. The minimum absolute atomic E-state index is 0.0438. The maximum Gasteiger partial charge on any atom is 0.263 e. The number of halogens is 1. The van der Waals surface area contributed by atoms with Crippen LogP contribution in [0.5, 0.6) is 11.5 Å². The standard InChI is InChI=1S/C23H21ClN2O3S/c24-17-6-1-3-8-19(17)29-20-9-4-2-7-18(20)25-22(27)16-11-13-26(14-12-16)23(28)21-10-5-15-30-21/h1-10,15-16H,11-14H2,(H,25,27). The molecule has 1 aliphatic rings. The first-order valence-electron chi connectivity index (χ1n) is 9.77. The van der Waals surface area contributed by atoms with Crippen molar-refractivity contribution >= 4 is 40.4 Å². The van der Waals surface area contributed by atoms with Crippen molar-refractivity contribution in [2.24, 2.45) is 5.92 Å². The van der Waals surface area contributed by atoms with Crippen molar-refractivity contribution in [3.8, 4) is 11.5 Å². The molecule has 4 rings (SSSR count). The molecule has 0 spiro atoms. The summed E-state index contributed by atoms with van der Waals surface area (Å²) in [7, 11) is 0. The topological polar surface area (TPSA) is 58.6 Å². The van der Waals surface area contributed by atoms with E-state index in [0.717, 1.165) is 4.88 Å². The zero-order chi connectivity index (χ0) is 20.9. The molecular formula is C23H21ClN2O3S. The Labute approximate surface area is 184 Å². The van der Waals surface area contributed by atoms with E-state index in [-0.39, 0.29) is 17.7 Å². The molecule has 1 saturated heterocycles. The number of nitrogens with zero attached hydrogens (tertiary/aromatic N) is 1. The van der Waals surface area contributed by atoms with E-state index in [0.29, 0.717) is 48.1 Å². The number of benzene rings is 2. The lowest BCUT2D eigenvalue weighted by molar-refractivity contribution is -0.121. The van der Waals surface area contributed by atoms with Crippen molar-refractivity contribution in [1.82, 2.24) is 4.90 Å². The maximum atomic E-state index is 12.9. The number of para-hydroxylation sites is 3. The Morgan fingerprint density at radius 2 is 1.67 bits per heavy atom. The first-order chi connectivity index (χ1) is 14.6. The van der Waals surface area contributed by atoms with Gasteiger partial charge in [0.25, 0.3) is 5.91 Å². The number of rotatable bonds is 5. The molecule has 1 aliphatic heterocycles. The highest BCUT2D eigenvalue weighted by molar-refractivity contribution is 7.12. The molecule has 0 bridgehead atoms. The zero-order valence-electron chi connectivity index (χ0n) is 16.2. The van der Waals surface area contributed by atoms with E-state index < -0.39 is 0 Å². The van der Waals surface area contributed by atoms with Gasteiger partial charge < -0.3 is 15.0 Å². The monoisotopic (exact) mass is 440 g/mol. The maximum absolute atomic E-state index is 12.9. The smallest absolute Gasteiger partial charge is 0.263 e. The molecule has 2 heterocycles. The molecular weight excluding hydrogens is 420 g/mol. The average molecular weight is 441 g/mol. The predicted molar refractivity (Wildman–Crippen MR) is 120 cm³/mol. The molecule has 0 radical (unpaired) electrons. The lowest BCUT2D eigenvalue weighted by Crippen LogP contribution is -2.41. The molecule has 2 amide bonds. The van der Waals surface area contributed by atoms with Gasteiger partial charge in [0.1, 0.15) is 5.75 Å². The average Bonchev–Trinajstić information content (AvgIpc) is 3.31. The number of likely N-dealkylation sites (tertiary alicyclic amines) is 1. The lowest BCUT2D eigenvalue weighted by Gasteiger charge is -2.31. The summed E-state index contributed by atoms with van der Waals surface area (Å²) < 4.78 is 5.92. The number of ether oxygens (including phenoxy) is 1. The Balaban J connectivity index is 1.38. The van der Waals surface area contributed by atoms with Crippen LogP contribution in [0.1, 0.15) is 22.5 Å². The zero-order valence-corrected chi connectivity index (χ0v) is 17.8. The Morgan fingerprint density at radius 3 is 2.37 bits per heavy atom. The van der Waals surface area contributed by atoms with Gasteiger partial charge in [0.2, 0.25) is 5.91 Å². The molecule has 0 unspecified atom stereocenters. The quantitative estimate of drug-likeness (QED) is 0.554. The van der Waals surface area contributed by atoms with Gasteiger partial charge >= 0.3 is 0 Å². The van der Waals surface area contributed by atoms with Crippen LogP contribution in [-0.4, -0.2) is 29.8 Å². The van der Waals surface area contributed by atoms with Crippen molar-refractivity contribution in [2.45, 2.75) is 12.8 Å². The Kier molecular flexibility index (Phi) is 6.35. The first-order valence-corrected chi connectivity index (χ1v) is 11.0. The van der Waals surface area contributed by atoms with Crippen molar-refractivity contribution in [2.75, 3.05) is 18.4 Å². The van der Waals surface area contributed by atoms with Crippen LogP contribution in [0.3, 0.4) is 0 Å². The number of carbonyl (C=O) groups excluding carboxylic acids is 2. The lowest BCUT2D eigenvalue weighted by atomic mass is 9.95. The minimum atomic E-state index is -0.147. The Bertz CT molecular complexity index is 1030. The summed E-state index contributed by atoms with van der Waals surface area (Å²) in [5.41, 5.74) is 0.597. The molecule has 154 valence electrons. The second-order valence-electron chi connectivity index (χ2n) is 7.06. The van der Waals surface area contributed by atoms with Crippen LogP contribution >= 0.6 is 22.9 Å². The van der Waals surface area contributed by atoms with Crippen LogP contribution in [0.25, 0.3) is 0 Å². The van der Waals surface area contributed by atoms with Crippen molar-refractivity contribution in [3.05, 3.63) is 75.9 Å². The van der Waals surface area contributed by atoms with Gasteiger partial charge in [0.05, 0.1) is 15.6 Å². The van der Waals surface area contributed by atoms with E-state index in [4.69, 9.17) is 16.3 Å². The highest BCUT2D eigenvalue weighted by Gasteiger charge is 2.28. The van der Waals surface area contributed by atoms with E-state index >= 15 is 0 Å². The SMILES string of the molecule is O=C(Nc1ccccc1Oc1ccccc1Cl)C1CCN(C(=O)c2cccs2)CC1. The van der Waals surface area contributed by atoms with Crippen molar-refractivity contribution < 1.29 is 14.3 Å². The number of thiophene rings is 1. The van der Waals surface area contributed by atoms with Gasteiger partial charge in [-0.3, -0.25) is 9.59 Å². The van der Waals surface area contributed by atoms with Gasteiger partial charge in [0, 0.05) is 19.0 Å². The number of nitrogens with one attached hydrogen (secondary N) is 1. The number of piperidine rings is 1. The van der Waals surface area contributed by atoms with Crippen LogP contribution in [0.15, 0.2) is 66.0 Å².